The summed E-state index contributed by atoms with van der Waals surface area (Å²) in [6.45, 7) is 0. The first-order chi connectivity index (χ1) is 8.51. The van der Waals surface area contributed by atoms with E-state index in [0.29, 0.717) is 0 Å². The standard InChI is InChI=1S/C13H14O4S/c14-12-8-4-7-11(9-13(12)15)18(16,17)10-5-2-1-3-6-10/h1-8,12-15H,9H2/t12-,13+/m0/s1. The van der Waals surface area contributed by atoms with E-state index in [1.165, 1.54) is 30.4 Å². The minimum atomic E-state index is -3.60. The first kappa shape index (κ1) is 13.0. The largest absolute Gasteiger partial charge is 0.390 e. The van der Waals surface area contributed by atoms with Crippen molar-refractivity contribution in [1.82, 2.24) is 0 Å². The molecular formula is C13H14O4S. The molecule has 1 aliphatic rings. The van der Waals surface area contributed by atoms with Gasteiger partial charge in [0.2, 0.25) is 9.84 Å². The van der Waals surface area contributed by atoms with Gasteiger partial charge in [-0.05, 0) is 18.2 Å². The van der Waals surface area contributed by atoms with Crippen molar-refractivity contribution in [2.24, 2.45) is 0 Å². The normalized spacial score (nSPS) is 24.4. The number of sulfone groups is 1. The molecule has 2 N–H and O–H groups in total. The van der Waals surface area contributed by atoms with Crippen LogP contribution in [0.4, 0.5) is 0 Å². The highest BCUT2D eigenvalue weighted by molar-refractivity contribution is 7.95. The maximum Gasteiger partial charge on any atom is 0.202 e. The molecule has 0 saturated carbocycles. The van der Waals surface area contributed by atoms with Crippen LogP contribution in [0.2, 0.25) is 0 Å². The quantitative estimate of drug-likeness (QED) is 0.838. The Balaban J connectivity index is 2.38. The Labute approximate surface area is 106 Å². The summed E-state index contributed by atoms with van der Waals surface area (Å²) in [5.74, 6) is 0. The zero-order valence-corrected chi connectivity index (χ0v) is 10.4. The summed E-state index contributed by atoms with van der Waals surface area (Å²) in [6.07, 6.45) is 2.01. The molecule has 0 amide bonds. The first-order valence-corrected chi connectivity index (χ1v) is 7.04. The highest BCUT2D eigenvalue weighted by atomic mass is 32.2. The van der Waals surface area contributed by atoms with Gasteiger partial charge in [0.1, 0.15) is 0 Å². The second-order valence-corrected chi connectivity index (χ2v) is 6.10. The number of aliphatic hydroxyl groups is 2. The number of aliphatic hydroxyl groups excluding tert-OH is 2. The SMILES string of the molecule is O=S(=O)(C1=CC=C[C@H](O)[C@H](O)C1)c1ccccc1. The Bertz CT molecular complexity index is 572. The van der Waals surface area contributed by atoms with Crippen LogP contribution < -0.4 is 0 Å². The van der Waals surface area contributed by atoms with E-state index in [-0.39, 0.29) is 16.2 Å². The molecule has 0 fully saturated rings. The summed E-state index contributed by atoms with van der Waals surface area (Å²) >= 11 is 0. The van der Waals surface area contributed by atoms with E-state index in [1.54, 1.807) is 18.2 Å². The molecular weight excluding hydrogens is 252 g/mol. The summed E-state index contributed by atoms with van der Waals surface area (Å²) in [5.41, 5.74) is 0. The summed E-state index contributed by atoms with van der Waals surface area (Å²) in [6, 6.07) is 8.04. The van der Waals surface area contributed by atoms with Crippen molar-refractivity contribution in [3.8, 4) is 0 Å². The fourth-order valence-corrected chi connectivity index (χ4v) is 3.22. The van der Waals surface area contributed by atoms with Gasteiger partial charge in [0.15, 0.2) is 0 Å². The Morgan fingerprint density at radius 1 is 1.11 bits per heavy atom. The lowest BCUT2D eigenvalue weighted by molar-refractivity contribution is 0.0511. The number of allylic oxidation sites excluding steroid dienone is 2. The number of hydrogen-bond acceptors (Lipinski definition) is 4. The molecule has 4 nitrogen and oxygen atoms in total. The van der Waals surface area contributed by atoms with Crippen LogP contribution >= 0.6 is 0 Å². The molecule has 18 heavy (non-hydrogen) atoms. The van der Waals surface area contributed by atoms with Crippen molar-refractivity contribution < 1.29 is 18.6 Å². The second kappa shape index (κ2) is 5.06. The van der Waals surface area contributed by atoms with Crippen LogP contribution in [0.1, 0.15) is 6.42 Å². The molecule has 2 rings (SSSR count). The van der Waals surface area contributed by atoms with Crippen molar-refractivity contribution in [3.63, 3.8) is 0 Å². The predicted octanol–water partition coefficient (Wildman–Crippen LogP) is 1.03. The van der Waals surface area contributed by atoms with Crippen LogP contribution in [0.5, 0.6) is 0 Å². The highest BCUT2D eigenvalue weighted by Crippen LogP contribution is 2.25. The maximum absolute atomic E-state index is 12.3. The van der Waals surface area contributed by atoms with E-state index in [9.17, 15) is 18.6 Å². The number of benzene rings is 1. The van der Waals surface area contributed by atoms with Gasteiger partial charge < -0.3 is 10.2 Å². The van der Waals surface area contributed by atoms with Gasteiger partial charge in [-0.1, -0.05) is 30.4 Å². The van der Waals surface area contributed by atoms with E-state index in [0.717, 1.165) is 0 Å². The minimum absolute atomic E-state index is 0.0919. The molecule has 0 spiro atoms. The Hall–Kier alpha value is -1.43. The fraction of sp³-hybridized carbons (Fsp3) is 0.231. The molecule has 96 valence electrons. The van der Waals surface area contributed by atoms with E-state index in [2.05, 4.69) is 0 Å². The minimum Gasteiger partial charge on any atom is -0.390 e. The molecule has 0 aliphatic heterocycles. The second-order valence-electron chi connectivity index (χ2n) is 4.10. The monoisotopic (exact) mass is 266 g/mol. The van der Waals surface area contributed by atoms with Crippen molar-refractivity contribution >= 4 is 9.84 Å². The van der Waals surface area contributed by atoms with Crippen LogP contribution in [0.3, 0.4) is 0 Å². The Morgan fingerprint density at radius 2 is 1.78 bits per heavy atom. The fourth-order valence-electron chi connectivity index (χ4n) is 1.75. The van der Waals surface area contributed by atoms with Crippen LogP contribution in [-0.4, -0.2) is 30.8 Å². The van der Waals surface area contributed by atoms with Crippen LogP contribution in [-0.2, 0) is 9.84 Å². The average Bonchev–Trinajstić information content (AvgIpc) is 2.54. The molecule has 0 bridgehead atoms. The van der Waals surface area contributed by atoms with Gasteiger partial charge in [-0.3, -0.25) is 0 Å². The lowest BCUT2D eigenvalue weighted by atomic mass is 10.1. The van der Waals surface area contributed by atoms with E-state index < -0.39 is 22.0 Å². The molecule has 1 aliphatic carbocycles. The highest BCUT2D eigenvalue weighted by Gasteiger charge is 2.26. The maximum atomic E-state index is 12.3. The van der Waals surface area contributed by atoms with Gasteiger partial charge in [0, 0.05) is 6.42 Å². The van der Waals surface area contributed by atoms with Gasteiger partial charge in [0.05, 0.1) is 22.0 Å². The zero-order valence-electron chi connectivity index (χ0n) is 9.60. The van der Waals surface area contributed by atoms with Gasteiger partial charge in [-0.25, -0.2) is 8.42 Å². The molecule has 0 heterocycles. The third kappa shape index (κ3) is 2.53. The molecule has 2 atom stereocenters. The smallest absolute Gasteiger partial charge is 0.202 e. The van der Waals surface area contributed by atoms with Crippen molar-refractivity contribution in [2.45, 2.75) is 23.5 Å². The third-order valence-electron chi connectivity index (χ3n) is 2.79. The van der Waals surface area contributed by atoms with E-state index in [4.69, 9.17) is 0 Å². The first-order valence-electron chi connectivity index (χ1n) is 5.55. The Morgan fingerprint density at radius 3 is 2.44 bits per heavy atom. The lowest BCUT2D eigenvalue weighted by Crippen LogP contribution is -2.24. The van der Waals surface area contributed by atoms with Crippen LogP contribution in [0.15, 0.2) is 58.4 Å². The Kier molecular flexibility index (Phi) is 3.65. The molecule has 0 radical (unpaired) electrons. The van der Waals surface area contributed by atoms with Crippen LogP contribution in [0.25, 0.3) is 0 Å². The van der Waals surface area contributed by atoms with Crippen LogP contribution in [0, 0.1) is 0 Å². The van der Waals surface area contributed by atoms with Gasteiger partial charge >= 0.3 is 0 Å². The van der Waals surface area contributed by atoms with Gasteiger partial charge in [0.25, 0.3) is 0 Å². The molecule has 0 aromatic heterocycles. The molecule has 0 unspecified atom stereocenters. The average molecular weight is 266 g/mol. The van der Waals surface area contributed by atoms with Crippen molar-refractivity contribution in [2.75, 3.05) is 0 Å². The third-order valence-corrected chi connectivity index (χ3v) is 4.68. The molecule has 1 aromatic rings. The van der Waals surface area contributed by atoms with Crippen molar-refractivity contribution in [3.05, 3.63) is 53.5 Å². The van der Waals surface area contributed by atoms with Gasteiger partial charge in [-0.2, -0.15) is 0 Å². The van der Waals surface area contributed by atoms with Crippen molar-refractivity contribution in [1.29, 1.82) is 0 Å². The molecule has 5 heteroatoms. The molecule has 1 aromatic carbocycles. The molecule has 0 saturated heterocycles. The summed E-state index contributed by atoms with van der Waals surface area (Å²) in [5, 5.41) is 19.1. The zero-order chi connectivity index (χ0) is 13.2. The predicted molar refractivity (Wildman–Crippen MR) is 67.5 cm³/mol. The summed E-state index contributed by atoms with van der Waals surface area (Å²) in [7, 11) is -3.60. The number of rotatable bonds is 2. The topological polar surface area (TPSA) is 74.6 Å². The van der Waals surface area contributed by atoms with E-state index in [1.807, 2.05) is 0 Å². The van der Waals surface area contributed by atoms with E-state index >= 15 is 0 Å². The lowest BCUT2D eigenvalue weighted by Gasteiger charge is -2.14. The summed E-state index contributed by atoms with van der Waals surface area (Å²) < 4.78 is 24.6. The number of hydrogen-bond donors (Lipinski definition) is 2. The summed E-state index contributed by atoms with van der Waals surface area (Å²) in [4.78, 5) is 0.294. The van der Waals surface area contributed by atoms with Gasteiger partial charge in [-0.15, -0.1) is 0 Å².